The van der Waals surface area contributed by atoms with Crippen molar-refractivity contribution >= 4 is 11.9 Å². The first-order valence-electron chi connectivity index (χ1n) is 14.5. The molecule has 0 aromatic heterocycles. The number of aliphatic hydroxyl groups excluding tert-OH is 2. The molecule has 2 saturated carbocycles. The van der Waals surface area contributed by atoms with Crippen LogP contribution in [-0.4, -0.2) is 65.9 Å². The van der Waals surface area contributed by atoms with E-state index in [2.05, 4.69) is 5.32 Å². The molecule has 1 aliphatic heterocycles. The van der Waals surface area contributed by atoms with Gasteiger partial charge in [-0.15, -0.1) is 0 Å². The van der Waals surface area contributed by atoms with E-state index in [1.165, 1.54) is 71.1 Å². The lowest BCUT2D eigenvalue weighted by atomic mass is 9.70. The summed E-state index contributed by atoms with van der Waals surface area (Å²) in [7, 11) is 0. The van der Waals surface area contributed by atoms with Crippen molar-refractivity contribution < 1.29 is 34.0 Å². The fraction of sp³-hybridized carbons (Fsp3) is 0.733. The van der Waals surface area contributed by atoms with Gasteiger partial charge in [0.05, 0.1) is 18.8 Å². The van der Waals surface area contributed by atoms with Gasteiger partial charge in [-0.2, -0.15) is 0 Å². The van der Waals surface area contributed by atoms with Crippen LogP contribution in [0.25, 0.3) is 0 Å². The van der Waals surface area contributed by atoms with Gasteiger partial charge in [0, 0.05) is 6.92 Å². The first-order valence-corrected chi connectivity index (χ1v) is 14.5. The Morgan fingerprint density at radius 3 is 2.11 bits per heavy atom. The number of ether oxygens (including phenoxy) is 3. The predicted octanol–water partition coefficient (Wildman–Crippen LogP) is 3.90. The number of carbonyl (C=O) groups is 2. The van der Waals surface area contributed by atoms with E-state index in [9.17, 15) is 19.8 Å². The van der Waals surface area contributed by atoms with Crippen molar-refractivity contribution in [3.63, 3.8) is 0 Å². The third-order valence-corrected chi connectivity index (χ3v) is 8.72. The highest BCUT2D eigenvalue weighted by molar-refractivity contribution is 5.89. The standard InChI is InChI=1S/C30H45NO7/c1-19-13-15-23(16-14-19)29(35)38-28-25(17-32)37-30(26(27(28)34)31-20(2)33)36-18-24(21-9-5-3-6-10-21)22-11-7-4-8-12-22/h13-16,21-22,24-28,30,32,34H,3-12,17-18H2,1-2H3,(H,31,33)/t25-,26-,27-,28-,30-/m1/s1. The molecule has 1 amide bonds. The predicted molar refractivity (Wildman–Crippen MR) is 142 cm³/mol. The second-order valence-corrected chi connectivity index (χ2v) is 11.5. The monoisotopic (exact) mass is 531 g/mol. The fourth-order valence-corrected chi connectivity index (χ4v) is 6.61. The number of hydrogen-bond acceptors (Lipinski definition) is 7. The van der Waals surface area contributed by atoms with Crippen molar-refractivity contribution in [2.24, 2.45) is 17.8 Å². The summed E-state index contributed by atoms with van der Waals surface area (Å²) < 4.78 is 18.1. The van der Waals surface area contributed by atoms with E-state index in [0.717, 1.165) is 5.56 Å². The Bertz CT molecular complexity index is 876. The Hall–Kier alpha value is -2.00. The molecule has 3 fully saturated rings. The zero-order valence-electron chi connectivity index (χ0n) is 22.8. The second kappa shape index (κ2) is 13.9. The summed E-state index contributed by atoms with van der Waals surface area (Å²) in [5, 5.41) is 24.1. The molecule has 1 heterocycles. The zero-order chi connectivity index (χ0) is 27.1. The molecule has 3 N–H and O–H groups in total. The number of nitrogens with one attached hydrogen (secondary N) is 1. The van der Waals surface area contributed by atoms with Crippen molar-refractivity contribution in [2.45, 2.75) is 109 Å². The number of esters is 1. The molecule has 38 heavy (non-hydrogen) atoms. The van der Waals surface area contributed by atoms with E-state index in [4.69, 9.17) is 14.2 Å². The summed E-state index contributed by atoms with van der Waals surface area (Å²) >= 11 is 0. The van der Waals surface area contributed by atoms with Crippen LogP contribution in [-0.2, 0) is 19.0 Å². The molecule has 3 aliphatic rings. The van der Waals surface area contributed by atoms with Gasteiger partial charge in [0.1, 0.15) is 18.2 Å². The number of aliphatic hydroxyl groups is 2. The van der Waals surface area contributed by atoms with Crippen LogP contribution in [0.5, 0.6) is 0 Å². The Kier molecular flexibility index (Phi) is 10.6. The minimum Gasteiger partial charge on any atom is -0.453 e. The minimum absolute atomic E-state index is 0.330. The van der Waals surface area contributed by atoms with Gasteiger partial charge in [0.2, 0.25) is 5.91 Å². The summed E-state index contributed by atoms with van der Waals surface area (Å²) in [4.78, 5) is 24.9. The van der Waals surface area contributed by atoms with Crippen LogP contribution in [0.15, 0.2) is 24.3 Å². The SMILES string of the molecule is CC(=O)N[C@H]1[C@H](OCC(C2CCCCC2)C2CCCCC2)O[C@H](CO)[C@@H](OC(=O)c2ccc(C)cc2)[C@@H]1O. The molecule has 2 aliphatic carbocycles. The summed E-state index contributed by atoms with van der Waals surface area (Å²) in [5.74, 6) is 0.631. The Morgan fingerprint density at radius 1 is 1.00 bits per heavy atom. The van der Waals surface area contributed by atoms with Crippen LogP contribution >= 0.6 is 0 Å². The average molecular weight is 532 g/mol. The third-order valence-electron chi connectivity index (χ3n) is 8.72. The van der Waals surface area contributed by atoms with Crippen molar-refractivity contribution in [3.8, 4) is 0 Å². The number of amides is 1. The van der Waals surface area contributed by atoms with E-state index in [1.54, 1.807) is 24.3 Å². The van der Waals surface area contributed by atoms with Crippen LogP contribution < -0.4 is 5.32 Å². The normalized spacial score (nSPS) is 29.2. The summed E-state index contributed by atoms with van der Waals surface area (Å²) in [6, 6.07) is 5.95. The Balaban J connectivity index is 1.48. The quantitative estimate of drug-likeness (QED) is 0.414. The maximum atomic E-state index is 12.8. The Labute approximate surface area is 226 Å². The molecule has 8 heteroatoms. The highest BCUT2D eigenvalue weighted by atomic mass is 16.7. The molecule has 0 bridgehead atoms. The number of hydrogen-bond donors (Lipinski definition) is 3. The maximum absolute atomic E-state index is 12.8. The molecule has 0 spiro atoms. The van der Waals surface area contributed by atoms with Gasteiger partial charge in [-0.25, -0.2) is 4.79 Å². The molecule has 5 atom stereocenters. The van der Waals surface area contributed by atoms with Crippen LogP contribution in [0.3, 0.4) is 0 Å². The fourth-order valence-electron chi connectivity index (χ4n) is 6.61. The second-order valence-electron chi connectivity index (χ2n) is 11.5. The molecular formula is C30H45NO7. The molecule has 0 unspecified atom stereocenters. The maximum Gasteiger partial charge on any atom is 0.338 e. The van der Waals surface area contributed by atoms with Gasteiger partial charge in [-0.05, 0) is 36.8 Å². The molecule has 212 valence electrons. The van der Waals surface area contributed by atoms with Crippen LogP contribution in [0.2, 0.25) is 0 Å². The minimum atomic E-state index is -1.31. The number of aryl methyl sites for hydroxylation is 1. The number of benzene rings is 1. The summed E-state index contributed by atoms with van der Waals surface area (Å²) in [5.41, 5.74) is 1.33. The largest absolute Gasteiger partial charge is 0.453 e. The van der Waals surface area contributed by atoms with Gasteiger partial charge in [0.15, 0.2) is 12.4 Å². The first kappa shape index (κ1) is 29.0. The van der Waals surface area contributed by atoms with Crippen LogP contribution in [0.1, 0.15) is 87.1 Å². The summed E-state index contributed by atoms with van der Waals surface area (Å²) in [6.45, 7) is 3.29. The van der Waals surface area contributed by atoms with Gasteiger partial charge >= 0.3 is 5.97 Å². The molecule has 4 rings (SSSR count). The van der Waals surface area contributed by atoms with E-state index < -0.39 is 43.2 Å². The summed E-state index contributed by atoms with van der Waals surface area (Å²) in [6.07, 6.45) is 8.00. The molecule has 8 nitrogen and oxygen atoms in total. The lowest BCUT2D eigenvalue weighted by molar-refractivity contribution is -0.274. The Morgan fingerprint density at radius 2 is 1.58 bits per heavy atom. The van der Waals surface area contributed by atoms with Crippen molar-refractivity contribution in [2.75, 3.05) is 13.2 Å². The van der Waals surface area contributed by atoms with E-state index in [-0.39, 0.29) is 5.91 Å². The highest BCUT2D eigenvalue weighted by Gasteiger charge is 2.48. The molecule has 1 saturated heterocycles. The van der Waals surface area contributed by atoms with Gasteiger partial charge in [-0.3, -0.25) is 4.79 Å². The molecule has 1 aromatic rings. The smallest absolute Gasteiger partial charge is 0.338 e. The van der Waals surface area contributed by atoms with Crippen molar-refractivity contribution in [1.29, 1.82) is 0 Å². The topological polar surface area (TPSA) is 114 Å². The van der Waals surface area contributed by atoms with Gasteiger partial charge < -0.3 is 29.7 Å². The number of carbonyl (C=O) groups excluding carboxylic acids is 2. The van der Waals surface area contributed by atoms with Gasteiger partial charge in [-0.1, -0.05) is 81.9 Å². The van der Waals surface area contributed by atoms with E-state index >= 15 is 0 Å². The first-order chi connectivity index (χ1) is 18.4. The van der Waals surface area contributed by atoms with Crippen molar-refractivity contribution in [1.82, 2.24) is 5.32 Å². The molecule has 1 aromatic carbocycles. The van der Waals surface area contributed by atoms with Crippen molar-refractivity contribution in [3.05, 3.63) is 35.4 Å². The zero-order valence-corrected chi connectivity index (χ0v) is 22.8. The lowest BCUT2D eigenvalue weighted by Gasteiger charge is -2.45. The third kappa shape index (κ3) is 7.34. The highest BCUT2D eigenvalue weighted by Crippen LogP contribution is 2.40. The van der Waals surface area contributed by atoms with Crippen LogP contribution in [0, 0.1) is 24.7 Å². The van der Waals surface area contributed by atoms with E-state index in [0.29, 0.717) is 29.9 Å². The van der Waals surface area contributed by atoms with Gasteiger partial charge in [0.25, 0.3) is 0 Å². The number of rotatable bonds is 9. The molecule has 0 radical (unpaired) electrons. The molecular weight excluding hydrogens is 486 g/mol. The van der Waals surface area contributed by atoms with Crippen LogP contribution in [0.4, 0.5) is 0 Å². The van der Waals surface area contributed by atoms with E-state index in [1.807, 2.05) is 6.92 Å². The lowest BCUT2D eigenvalue weighted by Crippen LogP contribution is -2.65. The average Bonchev–Trinajstić information content (AvgIpc) is 2.93.